The summed E-state index contributed by atoms with van der Waals surface area (Å²) >= 11 is 17.1. The van der Waals surface area contributed by atoms with Crippen LogP contribution in [0.1, 0.15) is 19.8 Å². The summed E-state index contributed by atoms with van der Waals surface area (Å²) in [4.78, 5) is 0. The first-order valence-electron chi connectivity index (χ1n) is 6.44. The van der Waals surface area contributed by atoms with Gasteiger partial charge in [0.05, 0.1) is 0 Å². The molecule has 21 heavy (non-hydrogen) atoms. The van der Waals surface area contributed by atoms with Crippen molar-refractivity contribution in [2.75, 3.05) is 13.4 Å². The van der Waals surface area contributed by atoms with Gasteiger partial charge in [-0.15, -0.1) is 0 Å². The number of halogens is 3. The molecule has 0 radical (unpaired) electrons. The molecule has 0 N–H and O–H groups in total. The summed E-state index contributed by atoms with van der Waals surface area (Å²) < 4.78 is 16.3. The van der Waals surface area contributed by atoms with Crippen molar-refractivity contribution in [1.29, 1.82) is 0 Å². The monoisotopic (exact) mass is 348 g/mol. The predicted octanol–water partition coefficient (Wildman–Crippen LogP) is 5.41. The van der Waals surface area contributed by atoms with Gasteiger partial charge in [0.15, 0.2) is 11.5 Å². The van der Waals surface area contributed by atoms with E-state index in [1.165, 1.54) is 0 Å². The highest BCUT2D eigenvalue weighted by atomic mass is 35.5. The van der Waals surface area contributed by atoms with Gasteiger partial charge >= 0.3 is 0 Å². The van der Waals surface area contributed by atoms with Gasteiger partial charge in [0.2, 0.25) is 6.79 Å². The molecule has 0 spiro atoms. The van der Waals surface area contributed by atoms with Crippen molar-refractivity contribution in [2.45, 2.75) is 19.8 Å². The molecule has 6 heteroatoms. The van der Waals surface area contributed by atoms with Crippen molar-refractivity contribution in [1.82, 2.24) is 0 Å². The first-order chi connectivity index (χ1) is 10.1. The van der Waals surface area contributed by atoms with Gasteiger partial charge in [-0.1, -0.05) is 40.4 Å². The molecular formula is C15H15Cl3O3. The van der Waals surface area contributed by atoms with Crippen molar-refractivity contribution in [3.63, 3.8) is 0 Å². The number of ether oxygens (including phenoxy) is 3. The fraction of sp³-hybridized carbons (Fsp3) is 0.333. The van der Waals surface area contributed by atoms with E-state index in [1.807, 2.05) is 31.2 Å². The van der Waals surface area contributed by atoms with Crippen LogP contribution in [-0.4, -0.2) is 13.4 Å². The van der Waals surface area contributed by atoms with Gasteiger partial charge in [-0.2, -0.15) is 0 Å². The summed E-state index contributed by atoms with van der Waals surface area (Å²) in [6.45, 7) is 2.74. The Hall–Kier alpha value is -1.03. The fourth-order valence-corrected chi connectivity index (χ4v) is 2.03. The molecule has 0 aromatic heterocycles. The van der Waals surface area contributed by atoms with Crippen LogP contribution in [0.4, 0.5) is 0 Å². The van der Waals surface area contributed by atoms with Crippen LogP contribution in [0.2, 0.25) is 0 Å². The van der Waals surface area contributed by atoms with Crippen LogP contribution < -0.4 is 14.2 Å². The van der Waals surface area contributed by atoms with Gasteiger partial charge in [0, 0.05) is 11.1 Å². The molecule has 1 aromatic rings. The normalized spacial score (nSPS) is 13.2. The number of rotatable bonds is 6. The maximum absolute atomic E-state index is 5.88. The average Bonchev–Trinajstić information content (AvgIpc) is 2.92. The number of benzene rings is 1. The van der Waals surface area contributed by atoms with Crippen molar-refractivity contribution in [3.8, 4) is 17.2 Å². The van der Waals surface area contributed by atoms with E-state index in [0.29, 0.717) is 23.8 Å². The summed E-state index contributed by atoms with van der Waals surface area (Å²) in [5.41, 5.74) is 1.16. The lowest BCUT2D eigenvalue weighted by atomic mass is 10.1. The molecule has 114 valence electrons. The van der Waals surface area contributed by atoms with Crippen molar-refractivity contribution in [3.05, 3.63) is 39.4 Å². The van der Waals surface area contributed by atoms with E-state index in [1.54, 1.807) is 0 Å². The molecule has 0 aliphatic carbocycles. The first kappa shape index (κ1) is 16.3. The van der Waals surface area contributed by atoms with Crippen LogP contribution in [0.3, 0.4) is 0 Å². The van der Waals surface area contributed by atoms with Crippen LogP contribution in [0.5, 0.6) is 17.2 Å². The predicted molar refractivity (Wildman–Crippen MR) is 85.6 cm³/mol. The molecular weight excluding hydrogens is 335 g/mol. The van der Waals surface area contributed by atoms with Crippen LogP contribution in [-0.2, 0) is 0 Å². The van der Waals surface area contributed by atoms with Crippen molar-refractivity contribution >= 4 is 34.8 Å². The Morgan fingerprint density at radius 2 is 1.95 bits per heavy atom. The Balaban J connectivity index is 1.80. The molecule has 0 atom stereocenters. The molecule has 1 aromatic carbocycles. The molecule has 0 saturated carbocycles. The molecule has 0 fully saturated rings. The minimum atomic E-state index is 0.126. The van der Waals surface area contributed by atoms with E-state index in [2.05, 4.69) is 0 Å². The molecule has 1 aliphatic rings. The van der Waals surface area contributed by atoms with E-state index < -0.39 is 0 Å². The Labute approximate surface area is 139 Å². The highest BCUT2D eigenvalue weighted by Gasteiger charge is 2.13. The first-order valence-corrected chi connectivity index (χ1v) is 7.57. The SMILES string of the molecule is C/C(=C\COc1ccc2c(c1)OCO2)CCC(Cl)=C(Cl)Cl. The summed E-state index contributed by atoms with van der Waals surface area (Å²) in [7, 11) is 0. The van der Waals surface area contributed by atoms with Crippen LogP contribution >= 0.6 is 34.8 Å². The Morgan fingerprint density at radius 1 is 1.19 bits per heavy atom. The van der Waals surface area contributed by atoms with Crippen LogP contribution in [0.25, 0.3) is 0 Å². The minimum Gasteiger partial charge on any atom is -0.489 e. The molecule has 0 unspecified atom stereocenters. The average molecular weight is 350 g/mol. The zero-order chi connectivity index (χ0) is 15.2. The molecule has 3 nitrogen and oxygen atoms in total. The van der Waals surface area contributed by atoms with Gasteiger partial charge in [0.1, 0.15) is 16.8 Å². The van der Waals surface area contributed by atoms with Gasteiger partial charge in [0.25, 0.3) is 0 Å². The zero-order valence-corrected chi connectivity index (χ0v) is 13.8. The topological polar surface area (TPSA) is 27.7 Å². The molecule has 1 heterocycles. The second-order valence-corrected chi connectivity index (χ2v) is 5.95. The largest absolute Gasteiger partial charge is 0.489 e. The number of allylic oxidation sites excluding steroid dienone is 2. The maximum atomic E-state index is 5.88. The van der Waals surface area contributed by atoms with E-state index in [4.69, 9.17) is 49.0 Å². The van der Waals surface area contributed by atoms with E-state index >= 15 is 0 Å². The summed E-state index contributed by atoms with van der Waals surface area (Å²) in [6.07, 6.45) is 3.40. The number of hydrogen-bond acceptors (Lipinski definition) is 3. The lowest BCUT2D eigenvalue weighted by Crippen LogP contribution is -1.95. The molecule has 1 aliphatic heterocycles. The van der Waals surface area contributed by atoms with Crippen LogP contribution in [0.15, 0.2) is 39.4 Å². The van der Waals surface area contributed by atoms with Gasteiger partial charge in [-0.05, 0) is 38.0 Å². The number of hydrogen-bond donors (Lipinski definition) is 0. The van der Waals surface area contributed by atoms with E-state index in [-0.39, 0.29) is 11.3 Å². The standard InChI is InChI=1S/C15H15Cl3O3/c1-10(2-4-12(16)15(17)18)6-7-19-11-3-5-13-14(8-11)21-9-20-13/h3,5-6,8H,2,4,7,9H2,1H3/b10-6+. The number of fused-ring (bicyclic) bond motifs is 1. The maximum Gasteiger partial charge on any atom is 0.231 e. The van der Waals surface area contributed by atoms with E-state index in [9.17, 15) is 0 Å². The van der Waals surface area contributed by atoms with Crippen molar-refractivity contribution < 1.29 is 14.2 Å². The second kappa shape index (κ2) is 7.83. The Kier molecular flexibility index (Phi) is 6.09. The second-order valence-electron chi connectivity index (χ2n) is 4.54. The molecule has 0 saturated heterocycles. The third kappa shape index (κ3) is 5.03. The quantitative estimate of drug-likeness (QED) is 0.643. The van der Waals surface area contributed by atoms with Crippen molar-refractivity contribution in [2.24, 2.45) is 0 Å². The smallest absolute Gasteiger partial charge is 0.231 e. The Bertz CT molecular complexity index is 563. The fourth-order valence-electron chi connectivity index (χ4n) is 1.75. The van der Waals surface area contributed by atoms with Gasteiger partial charge in [-0.3, -0.25) is 0 Å². The molecule has 0 amide bonds. The third-order valence-corrected chi connectivity index (χ3v) is 4.00. The lowest BCUT2D eigenvalue weighted by Gasteiger charge is -2.06. The van der Waals surface area contributed by atoms with Gasteiger partial charge < -0.3 is 14.2 Å². The van der Waals surface area contributed by atoms with E-state index in [0.717, 1.165) is 23.5 Å². The summed E-state index contributed by atoms with van der Waals surface area (Å²) in [6, 6.07) is 5.50. The molecule has 0 bridgehead atoms. The summed E-state index contributed by atoms with van der Waals surface area (Å²) in [5, 5.41) is 0.475. The highest BCUT2D eigenvalue weighted by molar-refractivity contribution is 6.59. The zero-order valence-electron chi connectivity index (χ0n) is 11.5. The van der Waals surface area contributed by atoms with Crippen LogP contribution in [0, 0.1) is 0 Å². The third-order valence-electron chi connectivity index (χ3n) is 2.97. The Morgan fingerprint density at radius 3 is 2.71 bits per heavy atom. The summed E-state index contributed by atoms with van der Waals surface area (Å²) in [5.74, 6) is 2.19. The van der Waals surface area contributed by atoms with Gasteiger partial charge in [-0.25, -0.2) is 0 Å². The minimum absolute atomic E-state index is 0.126. The molecule has 2 rings (SSSR count). The highest BCUT2D eigenvalue weighted by Crippen LogP contribution is 2.35. The lowest BCUT2D eigenvalue weighted by molar-refractivity contribution is 0.174.